The van der Waals surface area contributed by atoms with E-state index in [2.05, 4.69) is 66.6 Å². The van der Waals surface area contributed by atoms with Crippen molar-refractivity contribution in [3.63, 3.8) is 0 Å². The minimum atomic E-state index is 0.477. The van der Waals surface area contributed by atoms with E-state index in [-0.39, 0.29) is 0 Å². The summed E-state index contributed by atoms with van der Waals surface area (Å²) in [5, 5.41) is 22.0. The Kier molecular flexibility index (Phi) is 4.65. The zero-order valence-corrected chi connectivity index (χ0v) is 17.1. The summed E-state index contributed by atoms with van der Waals surface area (Å²) in [6.45, 7) is 8.28. The lowest BCUT2D eigenvalue weighted by molar-refractivity contribution is 0.343. The van der Waals surface area contributed by atoms with Crippen LogP contribution >= 0.6 is 11.3 Å². The number of thiazole rings is 1. The first-order chi connectivity index (χ1) is 14.2. The number of fused-ring (bicyclic) bond motifs is 1. The van der Waals surface area contributed by atoms with Gasteiger partial charge < -0.3 is 10.6 Å². The van der Waals surface area contributed by atoms with Crippen LogP contribution in [-0.2, 0) is 0 Å². The molecule has 0 radical (unpaired) electrons. The Labute approximate surface area is 172 Å². The minimum Gasteiger partial charge on any atom is -0.345 e. The largest absolute Gasteiger partial charge is 0.345 e. The molecule has 1 aliphatic heterocycles. The molecule has 148 valence electrons. The van der Waals surface area contributed by atoms with Gasteiger partial charge in [-0.1, -0.05) is 12.6 Å². The van der Waals surface area contributed by atoms with Crippen LogP contribution in [0.2, 0.25) is 0 Å². The molecule has 1 fully saturated rings. The smallest absolute Gasteiger partial charge is 0.116 e. The lowest BCUT2D eigenvalue weighted by Crippen LogP contribution is -2.29. The van der Waals surface area contributed by atoms with E-state index >= 15 is 0 Å². The van der Waals surface area contributed by atoms with Gasteiger partial charge in [-0.15, -0.1) is 11.3 Å². The van der Waals surface area contributed by atoms with Gasteiger partial charge in [-0.25, -0.2) is 4.98 Å². The van der Waals surface area contributed by atoms with E-state index in [1.165, 1.54) is 0 Å². The fraction of sp³-hybridized carbons (Fsp3) is 0.286. The topological polar surface area (TPSA) is 83.5 Å². The summed E-state index contributed by atoms with van der Waals surface area (Å²) in [5.41, 5.74) is 4.80. The summed E-state index contributed by atoms with van der Waals surface area (Å²) in [6.07, 6.45) is 8.17. The van der Waals surface area contributed by atoms with Gasteiger partial charge in [0.1, 0.15) is 10.7 Å². The standard InChI is InChI=1S/C21H23N7S/c1-13(25-20-11-23-14(2)29-20)21-18-9-15(3-4-19(18)26-27-21)16-10-24-28(12-16)17-5-7-22-8-6-17/h3-4,9-12,17,22,25H,1,5-8H2,2H3,(H,26,27). The molecular formula is C21H23N7S. The number of nitrogens with zero attached hydrogens (tertiary/aromatic N) is 4. The van der Waals surface area contributed by atoms with Crippen molar-refractivity contribution in [2.24, 2.45) is 0 Å². The zero-order valence-electron chi connectivity index (χ0n) is 16.3. The summed E-state index contributed by atoms with van der Waals surface area (Å²) < 4.78 is 2.11. The molecule has 1 aliphatic rings. The summed E-state index contributed by atoms with van der Waals surface area (Å²) in [7, 11) is 0. The lowest BCUT2D eigenvalue weighted by atomic mass is 10.0. The second-order valence-corrected chi connectivity index (χ2v) is 8.60. The average molecular weight is 406 g/mol. The van der Waals surface area contributed by atoms with Gasteiger partial charge in [0.05, 0.1) is 34.7 Å². The number of hydrogen-bond acceptors (Lipinski definition) is 6. The van der Waals surface area contributed by atoms with Crippen molar-refractivity contribution in [1.82, 2.24) is 30.3 Å². The highest BCUT2D eigenvalue weighted by Gasteiger charge is 2.17. The number of hydrogen-bond donors (Lipinski definition) is 3. The van der Waals surface area contributed by atoms with Crippen LogP contribution in [0.15, 0.2) is 43.4 Å². The summed E-state index contributed by atoms with van der Waals surface area (Å²) in [4.78, 5) is 4.28. The van der Waals surface area contributed by atoms with Crippen LogP contribution in [0.25, 0.3) is 27.7 Å². The molecule has 0 bridgehead atoms. The number of aromatic nitrogens is 5. The molecule has 0 spiro atoms. The van der Waals surface area contributed by atoms with Crippen molar-refractivity contribution in [1.29, 1.82) is 0 Å². The number of nitrogens with one attached hydrogen (secondary N) is 3. The number of benzene rings is 1. The molecule has 0 aliphatic carbocycles. The van der Waals surface area contributed by atoms with Gasteiger partial charge in [-0.2, -0.15) is 10.2 Å². The van der Waals surface area contributed by atoms with Gasteiger partial charge in [-0.05, 0) is 50.6 Å². The number of piperidine rings is 1. The first-order valence-corrected chi connectivity index (χ1v) is 10.6. The molecule has 8 heteroatoms. The third-order valence-electron chi connectivity index (χ3n) is 5.36. The molecule has 3 aromatic heterocycles. The highest BCUT2D eigenvalue weighted by Crippen LogP contribution is 2.30. The van der Waals surface area contributed by atoms with Crippen LogP contribution in [0, 0.1) is 6.92 Å². The number of aromatic amines is 1. The Balaban J connectivity index is 1.43. The molecule has 0 atom stereocenters. The van der Waals surface area contributed by atoms with Gasteiger partial charge >= 0.3 is 0 Å². The van der Waals surface area contributed by atoms with Crippen LogP contribution in [0.5, 0.6) is 0 Å². The predicted molar refractivity (Wildman–Crippen MR) is 118 cm³/mol. The van der Waals surface area contributed by atoms with E-state index in [0.29, 0.717) is 6.04 Å². The Morgan fingerprint density at radius 2 is 2.10 bits per heavy atom. The summed E-state index contributed by atoms with van der Waals surface area (Å²) in [6, 6.07) is 6.80. The van der Waals surface area contributed by atoms with Crippen molar-refractivity contribution in [2.45, 2.75) is 25.8 Å². The number of H-pyrrole nitrogens is 1. The molecule has 29 heavy (non-hydrogen) atoms. The van der Waals surface area contributed by atoms with Gasteiger partial charge in [0, 0.05) is 17.1 Å². The maximum atomic E-state index is 4.63. The second-order valence-electron chi connectivity index (χ2n) is 7.37. The monoisotopic (exact) mass is 405 g/mol. The lowest BCUT2D eigenvalue weighted by Gasteiger charge is -2.22. The van der Waals surface area contributed by atoms with Gasteiger partial charge in [0.25, 0.3) is 0 Å². The quantitative estimate of drug-likeness (QED) is 0.463. The Hall–Kier alpha value is -2.97. The fourth-order valence-electron chi connectivity index (χ4n) is 3.81. The predicted octanol–water partition coefficient (Wildman–Crippen LogP) is 4.20. The molecule has 5 rings (SSSR count). The maximum Gasteiger partial charge on any atom is 0.116 e. The van der Waals surface area contributed by atoms with Crippen molar-refractivity contribution in [2.75, 3.05) is 18.4 Å². The van der Waals surface area contributed by atoms with E-state index < -0.39 is 0 Å². The van der Waals surface area contributed by atoms with Crippen LogP contribution in [-0.4, -0.2) is 38.1 Å². The third-order valence-corrected chi connectivity index (χ3v) is 6.19. The molecule has 0 amide bonds. The third kappa shape index (κ3) is 3.56. The highest BCUT2D eigenvalue weighted by molar-refractivity contribution is 7.15. The Morgan fingerprint density at radius 1 is 1.24 bits per heavy atom. The first-order valence-electron chi connectivity index (χ1n) is 9.79. The molecule has 1 saturated heterocycles. The molecule has 1 aromatic carbocycles. The van der Waals surface area contributed by atoms with E-state index in [1.807, 2.05) is 19.3 Å². The van der Waals surface area contributed by atoms with Gasteiger partial charge in [0.2, 0.25) is 0 Å². The maximum absolute atomic E-state index is 4.63. The van der Waals surface area contributed by atoms with E-state index in [0.717, 1.165) is 69.4 Å². The van der Waals surface area contributed by atoms with Gasteiger partial charge in [0.15, 0.2) is 0 Å². The van der Waals surface area contributed by atoms with E-state index in [1.54, 1.807) is 11.3 Å². The number of aryl methyl sites for hydroxylation is 1. The minimum absolute atomic E-state index is 0.477. The first kappa shape index (κ1) is 18.1. The van der Waals surface area contributed by atoms with Crippen LogP contribution in [0.4, 0.5) is 5.00 Å². The fourth-order valence-corrected chi connectivity index (χ4v) is 4.51. The molecule has 4 heterocycles. The second kappa shape index (κ2) is 7.46. The molecular weight excluding hydrogens is 382 g/mol. The summed E-state index contributed by atoms with van der Waals surface area (Å²) >= 11 is 1.60. The SMILES string of the molecule is C=C(Nc1cnc(C)s1)c1n[nH]c2ccc(-c3cnn(C4CCNCC4)c3)cc12. The van der Waals surface area contributed by atoms with Crippen molar-refractivity contribution in [3.8, 4) is 11.1 Å². The van der Waals surface area contributed by atoms with Crippen LogP contribution < -0.4 is 10.6 Å². The summed E-state index contributed by atoms with van der Waals surface area (Å²) in [5.74, 6) is 0. The average Bonchev–Trinajstić information content (AvgIpc) is 3.47. The Morgan fingerprint density at radius 3 is 2.90 bits per heavy atom. The number of anilines is 1. The number of rotatable bonds is 5. The molecule has 0 saturated carbocycles. The molecule has 7 nitrogen and oxygen atoms in total. The molecule has 4 aromatic rings. The zero-order chi connectivity index (χ0) is 19.8. The Bertz CT molecular complexity index is 1160. The van der Waals surface area contributed by atoms with E-state index in [4.69, 9.17) is 0 Å². The molecule has 3 N–H and O–H groups in total. The van der Waals surface area contributed by atoms with Crippen molar-refractivity contribution in [3.05, 3.63) is 54.1 Å². The van der Waals surface area contributed by atoms with Crippen molar-refractivity contribution >= 4 is 32.9 Å². The highest BCUT2D eigenvalue weighted by atomic mass is 32.1. The van der Waals surface area contributed by atoms with E-state index in [9.17, 15) is 0 Å². The van der Waals surface area contributed by atoms with Crippen LogP contribution in [0.3, 0.4) is 0 Å². The van der Waals surface area contributed by atoms with Gasteiger partial charge in [-0.3, -0.25) is 9.78 Å². The van der Waals surface area contributed by atoms with Crippen molar-refractivity contribution < 1.29 is 0 Å². The normalized spacial score (nSPS) is 15.1. The van der Waals surface area contributed by atoms with Crippen LogP contribution in [0.1, 0.15) is 29.6 Å². The molecule has 0 unspecified atom stereocenters.